The standard InChI is InChI=1S/C12H18O/c1-9-4-5-11(3)12(6-9)7-10(2)8-13/h4-6,10,13H,7-8H2,1-3H3/t10-/m1/s1. The third kappa shape index (κ3) is 2.85. The van der Waals surface area contributed by atoms with Crippen LogP contribution < -0.4 is 0 Å². The van der Waals surface area contributed by atoms with Gasteiger partial charge in [0.1, 0.15) is 0 Å². The minimum absolute atomic E-state index is 0.271. The minimum atomic E-state index is 0.271. The fourth-order valence-electron chi connectivity index (χ4n) is 1.46. The predicted molar refractivity (Wildman–Crippen MR) is 55.9 cm³/mol. The van der Waals surface area contributed by atoms with E-state index in [0.29, 0.717) is 5.92 Å². The second-order valence-corrected chi connectivity index (χ2v) is 3.92. The minimum Gasteiger partial charge on any atom is -0.396 e. The zero-order chi connectivity index (χ0) is 9.84. The van der Waals surface area contributed by atoms with E-state index in [-0.39, 0.29) is 6.61 Å². The highest BCUT2D eigenvalue weighted by atomic mass is 16.3. The third-order valence-corrected chi connectivity index (χ3v) is 2.38. The molecule has 0 aliphatic rings. The van der Waals surface area contributed by atoms with Gasteiger partial charge in [-0.3, -0.25) is 0 Å². The Morgan fingerprint density at radius 3 is 2.62 bits per heavy atom. The molecule has 0 heterocycles. The van der Waals surface area contributed by atoms with Crippen LogP contribution in [0.4, 0.5) is 0 Å². The summed E-state index contributed by atoms with van der Waals surface area (Å²) in [5.74, 6) is 0.362. The van der Waals surface area contributed by atoms with E-state index in [4.69, 9.17) is 5.11 Å². The molecule has 0 bridgehead atoms. The number of aliphatic hydroxyl groups excluding tert-OH is 1. The van der Waals surface area contributed by atoms with Crippen LogP contribution in [0.3, 0.4) is 0 Å². The summed E-state index contributed by atoms with van der Waals surface area (Å²) in [5, 5.41) is 8.96. The number of hydrogen-bond donors (Lipinski definition) is 1. The van der Waals surface area contributed by atoms with Crippen molar-refractivity contribution in [1.82, 2.24) is 0 Å². The lowest BCUT2D eigenvalue weighted by Gasteiger charge is -2.11. The van der Waals surface area contributed by atoms with Gasteiger partial charge in [-0.05, 0) is 37.3 Å². The van der Waals surface area contributed by atoms with Gasteiger partial charge in [-0.2, -0.15) is 0 Å². The highest BCUT2D eigenvalue weighted by Crippen LogP contribution is 2.14. The van der Waals surface area contributed by atoms with Crippen molar-refractivity contribution in [2.24, 2.45) is 5.92 Å². The average molecular weight is 178 g/mol. The summed E-state index contributed by atoms with van der Waals surface area (Å²) in [7, 11) is 0. The van der Waals surface area contributed by atoms with E-state index in [1.165, 1.54) is 16.7 Å². The number of aryl methyl sites for hydroxylation is 2. The molecule has 1 heteroatoms. The van der Waals surface area contributed by atoms with E-state index in [0.717, 1.165) is 6.42 Å². The Bertz CT molecular complexity index is 278. The molecule has 0 saturated carbocycles. The fourth-order valence-corrected chi connectivity index (χ4v) is 1.46. The van der Waals surface area contributed by atoms with Crippen LogP contribution in [-0.2, 0) is 6.42 Å². The second kappa shape index (κ2) is 4.43. The molecule has 1 atom stereocenters. The molecule has 0 saturated heterocycles. The average Bonchev–Trinajstić information content (AvgIpc) is 2.11. The van der Waals surface area contributed by atoms with Crippen LogP contribution in [-0.4, -0.2) is 11.7 Å². The van der Waals surface area contributed by atoms with Gasteiger partial charge in [0, 0.05) is 6.61 Å². The lowest BCUT2D eigenvalue weighted by atomic mass is 9.96. The molecule has 0 amide bonds. The molecule has 1 aromatic carbocycles. The van der Waals surface area contributed by atoms with Crippen LogP contribution in [0, 0.1) is 19.8 Å². The second-order valence-electron chi connectivity index (χ2n) is 3.92. The van der Waals surface area contributed by atoms with E-state index in [9.17, 15) is 0 Å². The molecule has 0 spiro atoms. The quantitative estimate of drug-likeness (QED) is 0.754. The molecule has 0 aliphatic carbocycles. The van der Waals surface area contributed by atoms with E-state index in [1.807, 2.05) is 0 Å². The summed E-state index contributed by atoms with van der Waals surface area (Å²) >= 11 is 0. The van der Waals surface area contributed by atoms with Gasteiger partial charge in [0.25, 0.3) is 0 Å². The number of hydrogen-bond acceptors (Lipinski definition) is 1. The Labute approximate surface area is 80.4 Å². The van der Waals surface area contributed by atoms with Crippen LogP contribution >= 0.6 is 0 Å². The molecule has 0 unspecified atom stereocenters. The van der Waals surface area contributed by atoms with Gasteiger partial charge < -0.3 is 5.11 Å². The summed E-state index contributed by atoms with van der Waals surface area (Å²) in [6.07, 6.45) is 0.976. The van der Waals surface area contributed by atoms with Gasteiger partial charge >= 0.3 is 0 Å². The Kier molecular flexibility index (Phi) is 3.49. The number of aliphatic hydroxyl groups is 1. The predicted octanol–water partition coefficient (Wildman–Crippen LogP) is 2.47. The van der Waals surface area contributed by atoms with Crippen LogP contribution in [0.25, 0.3) is 0 Å². The van der Waals surface area contributed by atoms with Gasteiger partial charge in [-0.1, -0.05) is 30.7 Å². The molecule has 72 valence electrons. The van der Waals surface area contributed by atoms with Crippen LogP contribution in [0.1, 0.15) is 23.6 Å². The topological polar surface area (TPSA) is 20.2 Å². The van der Waals surface area contributed by atoms with Crippen LogP contribution in [0.2, 0.25) is 0 Å². The SMILES string of the molecule is Cc1ccc(C)c(C[C@@H](C)CO)c1. The van der Waals surface area contributed by atoms with Crippen molar-refractivity contribution in [3.63, 3.8) is 0 Å². The molecule has 1 N–H and O–H groups in total. The van der Waals surface area contributed by atoms with Crippen molar-refractivity contribution in [1.29, 1.82) is 0 Å². The maximum absolute atomic E-state index is 8.96. The molecule has 0 radical (unpaired) electrons. The Balaban J connectivity index is 2.81. The van der Waals surface area contributed by atoms with Crippen molar-refractivity contribution in [2.45, 2.75) is 27.2 Å². The van der Waals surface area contributed by atoms with Gasteiger partial charge in [0.2, 0.25) is 0 Å². The molecule has 13 heavy (non-hydrogen) atoms. The largest absolute Gasteiger partial charge is 0.396 e. The first-order valence-electron chi connectivity index (χ1n) is 4.80. The molecule has 1 nitrogen and oxygen atoms in total. The maximum atomic E-state index is 8.96. The van der Waals surface area contributed by atoms with Crippen molar-refractivity contribution < 1.29 is 5.11 Å². The van der Waals surface area contributed by atoms with Crippen LogP contribution in [0.5, 0.6) is 0 Å². The molecule has 1 aromatic rings. The summed E-state index contributed by atoms with van der Waals surface area (Å²) in [5.41, 5.74) is 3.98. The zero-order valence-corrected chi connectivity index (χ0v) is 8.67. The summed E-state index contributed by atoms with van der Waals surface area (Å²) in [6, 6.07) is 6.48. The lowest BCUT2D eigenvalue weighted by molar-refractivity contribution is 0.237. The van der Waals surface area contributed by atoms with Crippen LogP contribution in [0.15, 0.2) is 18.2 Å². The van der Waals surface area contributed by atoms with Crippen molar-refractivity contribution >= 4 is 0 Å². The van der Waals surface area contributed by atoms with E-state index < -0.39 is 0 Å². The fraction of sp³-hybridized carbons (Fsp3) is 0.500. The third-order valence-electron chi connectivity index (χ3n) is 2.38. The molecule has 0 aromatic heterocycles. The molecule has 1 rings (SSSR count). The summed E-state index contributed by atoms with van der Waals surface area (Å²) in [6.45, 7) is 6.57. The Morgan fingerprint density at radius 2 is 2.00 bits per heavy atom. The van der Waals surface area contributed by atoms with Crippen molar-refractivity contribution in [3.05, 3.63) is 34.9 Å². The monoisotopic (exact) mass is 178 g/mol. The highest BCUT2D eigenvalue weighted by molar-refractivity contribution is 5.30. The summed E-state index contributed by atoms with van der Waals surface area (Å²) in [4.78, 5) is 0. The van der Waals surface area contributed by atoms with E-state index >= 15 is 0 Å². The Morgan fingerprint density at radius 1 is 1.31 bits per heavy atom. The highest BCUT2D eigenvalue weighted by Gasteiger charge is 2.04. The first kappa shape index (κ1) is 10.3. The van der Waals surface area contributed by atoms with Gasteiger partial charge in [0.15, 0.2) is 0 Å². The summed E-state index contributed by atoms with van der Waals surface area (Å²) < 4.78 is 0. The van der Waals surface area contributed by atoms with Gasteiger partial charge in [-0.15, -0.1) is 0 Å². The van der Waals surface area contributed by atoms with Gasteiger partial charge in [-0.25, -0.2) is 0 Å². The first-order valence-corrected chi connectivity index (χ1v) is 4.80. The van der Waals surface area contributed by atoms with Crippen molar-refractivity contribution in [2.75, 3.05) is 6.61 Å². The smallest absolute Gasteiger partial charge is 0.0459 e. The molecular weight excluding hydrogens is 160 g/mol. The normalized spacial score (nSPS) is 12.9. The van der Waals surface area contributed by atoms with Crippen molar-refractivity contribution in [3.8, 4) is 0 Å². The zero-order valence-electron chi connectivity index (χ0n) is 8.67. The Hall–Kier alpha value is -0.820. The molecule has 0 aliphatic heterocycles. The lowest BCUT2D eigenvalue weighted by Crippen LogP contribution is -2.05. The number of rotatable bonds is 3. The van der Waals surface area contributed by atoms with E-state index in [1.54, 1.807) is 0 Å². The first-order chi connectivity index (χ1) is 6.13. The molecule has 0 fully saturated rings. The maximum Gasteiger partial charge on any atom is 0.0459 e. The van der Waals surface area contributed by atoms with Gasteiger partial charge in [0.05, 0.1) is 0 Å². The number of benzene rings is 1. The van der Waals surface area contributed by atoms with E-state index in [2.05, 4.69) is 39.0 Å². The molecular formula is C12H18O.